The zero-order valence-corrected chi connectivity index (χ0v) is 9.52. The number of rotatable bonds is 3. The van der Waals surface area contributed by atoms with Crippen LogP contribution >= 0.6 is 20.7 Å². The van der Waals surface area contributed by atoms with Crippen molar-refractivity contribution in [3.05, 3.63) is 34.0 Å². The predicted molar refractivity (Wildman–Crippen MR) is 63.1 cm³/mol. The van der Waals surface area contributed by atoms with Crippen molar-refractivity contribution in [1.29, 1.82) is 0 Å². The smallest absolute Gasteiger partial charge is 0.330 e. The van der Waals surface area contributed by atoms with Crippen molar-refractivity contribution in [3.63, 3.8) is 0 Å². The summed E-state index contributed by atoms with van der Waals surface area (Å²) in [7, 11) is 0. The predicted octanol–water partition coefficient (Wildman–Crippen LogP) is 2.33. The van der Waals surface area contributed by atoms with E-state index in [0.717, 1.165) is 5.57 Å². The second-order valence-electron chi connectivity index (χ2n) is 2.30. The summed E-state index contributed by atoms with van der Waals surface area (Å²) in [6.07, 6.45) is 7.29. The van der Waals surface area contributed by atoms with Crippen LogP contribution in [0.25, 0.3) is 0 Å². The quantitative estimate of drug-likeness (QED) is 0.453. The number of carbonyl (C=O) groups is 1. The fourth-order valence-electron chi connectivity index (χ4n) is 0.782. The van der Waals surface area contributed by atoms with Crippen molar-refractivity contribution in [2.75, 3.05) is 6.61 Å². The van der Waals surface area contributed by atoms with E-state index in [2.05, 4.69) is 8.09 Å². The average molecular weight is 290 g/mol. The van der Waals surface area contributed by atoms with Gasteiger partial charge in [0.2, 0.25) is 0 Å². The highest BCUT2D eigenvalue weighted by Crippen LogP contribution is 2.10. The van der Waals surface area contributed by atoms with Crippen LogP contribution < -0.4 is 0 Å². The van der Waals surface area contributed by atoms with Crippen LogP contribution in [0.2, 0.25) is 0 Å². The maximum absolute atomic E-state index is 10.9. The van der Waals surface area contributed by atoms with Gasteiger partial charge in [-0.25, -0.2) is 4.79 Å². The fourth-order valence-corrected chi connectivity index (χ4v) is 2.27. The zero-order valence-electron chi connectivity index (χ0n) is 7.37. The highest BCUT2D eigenvalue weighted by molar-refractivity contribution is 14.2. The summed E-state index contributed by atoms with van der Waals surface area (Å²) < 4.78 is 9.07. The van der Waals surface area contributed by atoms with E-state index in [4.69, 9.17) is 4.74 Å². The largest absolute Gasteiger partial charge is 0.463 e. The van der Waals surface area contributed by atoms with Gasteiger partial charge < -0.3 is 4.74 Å². The molecule has 1 rings (SSSR count). The van der Waals surface area contributed by atoms with Gasteiger partial charge in [-0.15, -0.1) is 0 Å². The van der Waals surface area contributed by atoms with Crippen LogP contribution in [0.5, 0.6) is 0 Å². The van der Waals surface area contributed by atoms with Crippen LogP contribution in [0, 0.1) is 0 Å². The van der Waals surface area contributed by atoms with Crippen LogP contribution in [0.15, 0.2) is 34.0 Å². The molecule has 0 fully saturated rings. The van der Waals surface area contributed by atoms with E-state index in [-0.39, 0.29) is 26.7 Å². The Morgan fingerprint density at radius 2 is 2.54 bits per heavy atom. The molecule has 1 heterocycles. The molecule has 0 aromatic heterocycles. The highest BCUT2D eigenvalue weighted by Gasteiger charge is 1.94. The third-order valence-electron chi connectivity index (χ3n) is 1.35. The molecule has 0 aromatic rings. The molecule has 0 aliphatic carbocycles. The summed E-state index contributed by atoms with van der Waals surface area (Å²) in [6, 6.07) is 0. The first kappa shape index (κ1) is 10.4. The molecule has 0 aromatic carbocycles. The maximum atomic E-state index is 10.9. The van der Waals surface area contributed by atoms with Gasteiger partial charge in [-0.05, 0) is 38.8 Å². The Labute approximate surface area is 87.7 Å². The minimum absolute atomic E-state index is 0.121. The molecule has 0 saturated heterocycles. The maximum Gasteiger partial charge on any atom is 0.330 e. The van der Waals surface area contributed by atoms with E-state index in [1.54, 1.807) is 13.0 Å². The third kappa shape index (κ3) is 4.17. The summed E-state index contributed by atoms with van der Waals surface area (Å²) >= 11 is 0.121. The lowest BCUT2D eigenvalue weighted by Crippen LogP contribution is -1.98. The Kier molecular flexibility index (Phi) is 4.67. The van der Waals surface area contributed by atoms with Gasteiger partial charge in [-0.2, -0.15) is 0 Å². The summed E-state index contributed by atoms with van der Waals surface area (Å²) in [5.74, 6) is -0.280. The number of halogens is 1. The first-order valence-corrected chi connectivity index (χ1v) is 6.49. The van der Waals surface area contributed by atoms with Crippen LogP contribution in [0.1, 0.15) is 6.92 Å². The Hall–Kier alpha value is -0.710. The van der Waals surface area contributed by atoms with Crippen molar-refractivity contribution in [3.8, 4) is 0 Å². The lowest BCUT2D eigenvalue weighted by molar-refractivity contribution is -0.137. The van der Waals surface area contributed by atoms with Crippen molar-refractivity contribution >= 4 is 30.7 Å². The van der Waals surface area contributed by atoms with Gasteiger partial charge in [-0.1, -0.05) is 20.7 Å². The topological polar surface area (TPSA) is 26.3 Å². The molecule has 13 heavy (non-hydrogen) atoms. The summed E-state index contributed by atoms with van der Waals surface area (Å²) in [6.45, 7) is 2.22. The highest BCUT2D eigenvalue weighted by atomic mass is 127. The number of ether oxygens (including phenoxy) is 1. The lowest BCUT2D eigenvalue weighted by atomic mass is 10.2. The molecular weight excluding hydrogens is 279 g/mol. The second-order valence-corrected chi connectivity index (χ2v) is 4.45. The van der Waals surface area contributed by atoms with Crippen molar-refractivity contribution in [2.24, 2.45) is 0 Å². The minimum Gasteiger partial charge on any atom is -0.463 e. The zero-order chi connectivity index (χ0) is 9.52. The van der Waals surface area contributed by atoms with Gasteiger partial charge in [0, 0.05) is 6.08 Å². The molecule has 0 N–H and O–H groups in total. The molecule has 3 heteroatoms. The molecule has 1 aliphatic heterocycles. The number of hydrogen-bond donors (Lipinski definition) is 0. The van der Waals surface area contributed by atoms with Crippen LogP contribution in [-0.4, -0.2) is 16.6 Å². The van der Waals surface area contributed by atoms with Crippen molar-refractivity contribution in [2.45, 2.75) is 6.92 Å². The SMILES string of the molecule is CCOC(=O)/C=C/C1=CC=IC=C1. The number of esters is 1. The van der Waals surface area contributed by atoms with Gasteiger partial charge >= 0.3 is 5.97 Å². The third-order valence-corrected chi connectivity index (χ3v) is 2.90. The van der Waals surface area contributed by atoms with Crippen molar-refractivity contribution in [1.82, 2.24) is 0 Å². The van der Waals surface area contributed by atoms with E-state index in [1.807, 2.05) is 12.2 Å². The van der Waals surface area contributed by atoms with Gasteiger partial charge in [-0.3, -0.25) is 0 Å². The van der Waals surface area contributed by atoms with E-state index in [1.165, 1.54) is 6.08 Å². The van der Waals surface area contributed by atoms with E-state index in [9.17, 15) is 4.79 Å². The fraction of sp³-hybridized carbons (Fsp3) is 0.200. The molecule has 0 unspecified atom stereocenters. The Bertz CT molecular complexity index is 298. The average Bonchev–Trinajstić information content (AvgIpc) is 2.17. The van der Waals surface area contributed by atoms with E-state index < -0.39 is 0 Å². The first-order valence-electron chi connectivity index (χ1n) is 4.00. The second kappa shape index (κ2) is 5.85. The number of hydrogen-bond acceptors (Lipinski definition) is 2. The first-order chi connectivity index (χ1) is 6.33. The van der Waals surface area contributed by atoms with Crippen LogP contribution in [0.4, 0.5) is 0 Å². The molecule has 0 radical (unpaired) electrons. The van der Waals surface area contributed by atoms with Gasteiger partial charge in [0.05, 0.1) is 6.61 Å². The number of carbonyl (C=O) groups excluding carboxylic acids is 1. The van der Waals surface area contributed by atoms with Gasteiger partial charge in [0.25, 0.3) is 0 Å². The van der Waals surface area contributed by atoms with Gasteiger partial charge in [0.15, 0.2) is 0 Å². The normalized spacial score (nSPS) is 15.3. The standard InChI is InChI=1S/C10H11IO2/c1-2-13-10(12)4-3-9-5-7-11-8-6-9/h3-8H,2H2,1H3/b4-3+. The summed E-state index contributed by atoms with van der Waals surface area (Å²) in [5.41, 5.74) is 1.05. The van der Waals surface area contributed by atoms with Crippen molar-refractivity contribution < 1.29 is 9.53 Å². The Balaban J connectivity index is 2.48. The molecular formula is C10H11IO2. The molecule has 0 spiro atoms. The molecule has 1 aliphatic rings. The van der Waals surface area contributed by atoms with Crippen LogP contribution in [0.3, 0.4) is 0 Å². The summed E-state index contributed by atoms with van der Waals surface area (Å²) in [5, 5.41) is 0. The molecule has 0 atom stereocenters. The van der Waals surface area contributed by atoms with E-state index in [0.29, 0.717) is 6.61 Å². The monoisotopic (exact) mass is 290 g/mol. The molecule has 70 valence electrons. The summed E-state index contributed by atoms with van der Waals surface area (Å²) in [4.78, 5) is 10.9. The number of allylic oxidation sites excluding steroid dienone is 4. The van der Waals surface area contributed by atoms with E-state index >= 15 is 0 Å². The van der Waals surface area contributed by atoms with Crippen LogP contribution in [-0.2, 0) is 9.53 Å². The Morgan fingerprint density at radius 1 is 1.69 bits per heavy atom. The Morgan fingerprint density at radius 3 is 3.15 bits per heavy atom. The molecule has 0 bridgehead atoms. The molecule has 2 nitrogen and oxygen atoms in total. The lowest BCUT2D eigenvalue weighted by Gasteiger charge is -1.96. The molecule has 0 amide bonds. The molecule has 0 saturated carbocycles. The van der Waals surface area contributed by atoms with Gasteiger partial charge in [0.1, 0.15) is 0 Å². The minimum atomic E-state index is -0.280.